The highest BCUT2D eigenvalue weighted by atomic mass is 32.1. The maximum atomic E-state index is 13.6. The molecule has 0 spiro atoms. The lowest BCUT2D eigenvalue weighted by Gasteiger charge is -2.11. The summed E-state index contributed by atoms with van der Waals surface area (Å²) in [6, 6.07) is 7.56. The van der Waals surface area contributed by atoms with Gasteiger partial charge >= 0.3 is 5.97 Å². The molecule has 0 saturated heterocycles. The van der Waals surface area contributed by atoms with E-state index in [4.69, 9.17) is 20.4 Å². The number of hydrogen-bond acceptors (Lipinski definition) is 7. The zero-order valence-corrected chi connectivity index (χ0v) is 20.1. The molecule has 0 atom stereocenters. The molecule has 1 aromatic carbocycles. The van der Waals surface area contributed by atoms with Crippen LogP contribution in [0.25, 0.3) is 22.2 Å². The number of carbonyl (C=O) groups is 2. The van der Waals surface area contributed by atoms with E-state index >= 15 is 0 Å². The number of hydrogen-bond donors (Lipinski definition) is 2. The van der Waals surface area contributed by atoms with Gasteiger partial charge in [-0.2, -0.15) is 0 Å². The summed E-state index contributed by atoms with van der Waals surface area (Å²) in [4.78, 5) is 36.9. The van der Waals surface area contributed by atoms with Gasteiger partial charge in [-0.15, -0.1) is 11.3 Å². The Morgan fingerprint density at radius 2 is 1.88 bits per heavy atom. The molecule has 176 valence electrons. The highest BCUT2D eigenvalue weighted by Gasteiger charge is 2.29. The summed E-state index contributed by atoms with van der Waals surface area (Å²) >= 11 is 1.45. The van der Waals surface area contributed by atoms with Crippen molar-refractivity contribution in [2.75, 3.05) is 18.2 Å². The zero-order chi connectivity index (χ0) is 23.8. The largest absolute Gasteiger partial charge is 0.465 e. The molecule has 0 fully saturated rings. The van der Waals surface area contributed by atoms with Gasteiger partial charge in [-0.25, -0.2) is 14.8 Å². The first-order valence-corrected chi connectivity index (χ1v) is 12.4. The van der Waals surface area contributed by atoms with Gasteiger partial charge in [0, 0.05) is 11.4 Å². The molecule has 5 rings (SSSR count). The van der Waals surface area contributed by atoms with Crippen molar-refractivity contribution in [3.63, 3.8) is 0 Å². The predicted molar refractivity (Wildman–Crippen MR) is 135 cm³/mol. The average Bonchev–Trinajstić information content (AvgIpc) is 3.34. The van der Waals surface area contributed by atoms with Crippen LogP contribution in [0.2, 0.25) is 0 Å². The molecule has 8 nitrogen and oxygen atoms in total. The molecular weight excluding hydrogens is 450 g/mol. The number of rotatable bonds is 6. The predicted octanol–water partition coefficient (Wildman–Crippen LogP) is 4.95. The summed E-state index contributed by atoms with van der Waals surface area (Å²) in [6.45, 7) is 2.74. The van der Waals surface area contributed by atoms with Crippen molar-refractivity contribution >= 4 is 56.2 Å². The van der Waals surface area contributed by atoms with Gasteiger partial charge in [0.05, 0.1) is 23.7 Å². The molecule has 1 aliphatic rings. The highest BCUT2D eigenvalue weighted by Crippen LogP contribution is 2.39. The number of methoxy groups -OCH3 is 1. The molecule has 0 saturated carbocycles. The first-order valence-electron chi connectivity index (χ1n) is 11.6. The van der Waals surface area contributed by atoms with Crippen LogP contribution in [-0.2, 0) is 24.1 Å². The Balaban J connectivity index is 1.63. The van der Waals surface area contributed by atoms with Gasteiger partial charge < -0.3 is 20.4 Å². The molecule has 3 heterocycles. The minimum absolute atomic E-state index is 0.284. The van der Waals surface area contributed by atoms with Crippen LogP contribution >= 0.6 is 11.3 Å². The molecule has 34 heavy (non-hydrogen) atoms. The molecule has 3 N–H and O–H groups in total. The van der Waals surface area contributed by atoms with Crippen LogP contribution in [0.3, 0.4) is 0 Å². The normalized spacial score (nSPS) is 13.2. The van der Waals surface area contributed by atoms with Crippen LogP contribution in [-0.4, -0.2) is 33.5 Å². The zero-order valence-electron chi connectivity index (χ0n) is 19.3. The van der Waals surface area contributed by atoms with Gasteiger partial charge in [-0.05, 0) is 49.8 Å². The summed E-state index contributed by atoms with van der Waals surface area (Å²) in [7, 11) is 1.36. The lowest BCUT2D eigenvalue weighted by molar-refractivity contribution is 0.0601. The fourth-order valence-corrected chi connectivity index (χ4v) is 5.89. The van der Waals surface area contributed by atoms with E-state index in [2.05, 4.69) is 12.2 Å². The van der Waals surface area contributed by atoms with Crippen LogP contribution in [0.1, 0.15) is 63.8 Å². The minimum atomic E-state index is -0.432. The van der Waals surface area contributed by atoms with Crippen molar-refractivity contribution in [3.05, 3.63) is 45.8 Å². The van der Waals surface area contributed by atoms with Gasteiger partial charge in [0.15, 0.2) is 5.65 Å². The van der Waals surface area contributed by atoms with E-state index in [0.717, 1.165) is 54.5 Å². The van der Waals surface area contributed by atoms with E-state index < -0.39 is 11.9 Å². The van der Waals surface area contributed by atoms with Crippen LogP contribution in [0, 0.1) is 0 Å². The number of aromatic nitrogens is 3. The van der Waals surface area contributed by atoms with Crippen molar-refractivity contribution in [2.24, 2.45) is 0 Å². The van der Waals surface area contributed by atoms with Gasteiger partial charge in [0.25, 0.3) is 5.91 Å². The maximum absolute atomic E-state index is 13.6. The summed E-state index contributed by atoms with van der Waals surface area (Å²) < 4.78 is 6.91. The van der Waals surface area contributed by atoms with Crippen molar-refractivity contribution in [1.29, 1.82) is 0 Å². The Labute approximate surface area is 201 Å². The second-order valence-electron chi connectivity index (χ2n) is 8.51. The topological polar surface area (TPSA) is 112 Å². The first-order chi connectivity index (χ1) is 16.5. The van der Waals surface area contributed by atoms with Gasteiger partial charge in [0.2, 0.25) is 0 Å². The van der Waals surface area contributed by atoms with Crippen molar-refractivity contribution in [1.82, 2.24) is 14.5 Å². The quantitative estimate of drug-likeness (QED) is 0.380. The molecule has 0 unspecified atom stereocenters. The summed E-state index contributed by atoms with van der Waals surface area (Å²) in [6.07, 6.45) is 5.67. The molecule has 4 aromatic rings. The minimum Gasteiger partial charge on any atom is -0.465 e. The smallest absolute Gasteiger partial charge is 0.341 e. The van der Waals surface area contributed by atoms with E-state index in [1.54, 1.807) is 0 Å². The number of carbonyl (C=O) groups excluding carboxylic acids is 2. The molecule has 1 amide bonds. The number of para-hydroxylation sites is 2. The Hall–Kier alpha value is -3.46. The third-order valence-corrected chi connectivity index (χ3v) is 7.55. The highest BCUT2D eigenvalue weighted by molar-refractivity contribution is 7.17. The van der Waals surface area contributed by atoms with Gasteiger partial charge in [-0.3, -0.25) is 4.79 Å². The Morgan fingerprint density at radius 3 is 2.62 bits per heavy atom. The number of unbranched alkanes of at least 4 members (excludes halogenated alkanes) is 1. The summed E-state index contributed by atoms with van der Waals surface area (Å²) in [5.74, 6) is -0.498. The molecule has 0 bridgehead atoms. The summed E-state index contributed by atoms with van der Waals surface area (Å²) in [5.41, 5.74) is 10.8. The third-order valence-electron chi connectivity index (χ3n) is 6.34. The molecule has 0 radical (unpaired) electrons. The number of thiophene rings is 1. The number of aryl methyl sites for hydroxylation is 2. The Bertz CT molecular complexity index is 1420. The fraction of sp³-hybridized carbons (Fsp3) is 0.360. The second kappa shape index (κ2) is 9.06. The number of nitrogens with one attached hydrogen (secondary N) is 1. The third kappa shape index (κ3) is 3.69. The number of amides is 1. The van der Waals surface area contributed by atoms with Gasteiger partial charge in [0.1, 0.15) is 21.9 Å². The van der Waals surface area contributed by atoms with Crippen LogP contribution in [0.15, 0.2) is 24.3 Å². The van der Waals surface area contributed by atoms with E-state index in [1.165, 1.54) is 18.4 Å². The first kappa shape index (κ1) is 22.3. The van der Waals surface area contributed by atoms with Crippen LogP contribution in [0.4, 0.5) is 10.8 Å². The van der Waals surface area contributed by atoms with E-state index in [-0.39, 0.29) is 5.56 Å². The molecule has 0 aliphatic heterocycles. The monoisotopic (exact) mass is 477 g/mol. The second-order valence-corrected chi connectivity index (χ2v) is 9.62. The van der Waals surface area contributed by atoms with Gasteiger partial charge in [-0.1, -0.05) is 25.5 Å². The average molecular weight is 478 g/mol. The van der Waals surface area contributed by atoms with Crippen molar-refractivity contribution in [3.8, 4) is 0 Å². The lowest BCUT2D eigenvalue weighted by Crippen LogP contribution is -2.17. The molecule has 3 aromatic heterocycles. The van der Waals surface area contributed by atoms with Crippen molar-refractivity contribution in [2.45, 2.75) is 52.0 Å². The molecule has 1 aliphatic carbocycles. The SMILES string of the molecule is CCCCn1c(N)c(C(=O)Nc2sc3c(c2C(=O)OC)CCCC3)c2nc3ccccc3nc21. The van der Waals surface area contributed by atoms with Crippen LogP contribution in [0.5, 0.6) is 0 Å². The van der Waals surface area contributed by atoms with Crippen LogP contribution < -0.4 is 11.1 Å². The number of fused-ring (bicyclic) bond motifs is 3. The number of benzene rings is 1. The molecule has 9 heteroatoms. The summed E-state index contributed by atoms with van der Waals surface area (Å²) in [5, 5.41) is 3.47. The lowest BCUT2D eigenvalue weighted by atomic mass is 9.95. The Kier molecular flexibility index (Phi) is 5.95. The van der Waals surface area contributed by atoms with E-state index in [0.29, 0.717) is 39.6 Å². The van der Waals surface area contributed by atoms with E-state index in [9.17, 15) is 9.59 Å². The molecular formula is C25H27N5O3S. The standard InChI is InChI=1S/C25H27N5O3S/c1-3-4-13-30-21(26)19(20-22(30)28-16-11-7-6-10-15(16)27-20)23(31)29-24-18(25(32)33-2)14-9-5-8-12-17(14)34-24/h6-7,10-11H,3-5,8-9,12-13,26H2,1-2H3,(H,29,31). The van der Waals surface area contributed by atoms with E-state index in [1.807, 2.05) is 28.8 Å². The number of nitrogen functional groups attached to an aromatic ring is 1. The van der Waals surface area contributed by atoms with Crippen molar-refractivity contribution < 1.29 is 14.3 Å². The number of anilines is 2. The Morgan fingerprint density at radius 1 is 1.15 bits per heavy atom. The number of esters is 1. The maximum Gasteiger partial charge on any atom is 0.341 e. The number of nitrogens with zero attached hydrogens (tertiary/aromatic N) is 3. The number of nitrogens with two attached hydrogens (primary N) is 1. The number of ether oxygens (including phenoxy) is 1. The fourth-order valence-electron chi connectivity index (χ4n) is 4.62.